The van der Waals surface area contributed by atoms with E-state index in [0.29, 0.717) is 12.0 Å². The maximum Gasteiger partial charge on any atom is 0.340 e. The van der Waals surface area contributed by atoms with Crippen molar-refractivity contribution in [2.75, 3.05) is 0 Å². The van der Waals surface area contributed by atoms with E-state index in [-0.39, 0.29) is 17.1 Å². The van der Waals surface area contributed by atoms with Gasteiger partial charge in [-0.2, -0.15) is 4.58 Å². The largest absolute Gasteiger partial charge is 0.437 e. The minimum absolute atomic E-state index is 0.0557. The van der Waals surface area contributed by atoms with E-state index in [1.807, 2.05) is 0 Å². The second-order valence-electron chi connectivity index (χ2n) is 8.34. The van der Waals surface area contributed by atoms with Gasteiger partial charge in [-0.1, -0.05) is 38.1 Å². The Kier molecular flexibility index (Phi) is 3.43. The van der Waals surface area contributed by atoms with Crippen molar-refractivity contribution in [3.05, 3.63) is 35.4 Å². The minimum Gasteiger partial charge on any atom is -0.437 e. The molecule has 2 atom stereocenters. The Morgan fingerprint density at radius 3 is 2.18 bits per heavy atom. The highest BCUT2D eigenvalue weighted by Gasteiger charge is 2.61. The van der Waals surface area contributed by atoms with Crippen LogP contribution < -0.4 is 0 Å². The lowest BCUT2D eigenvalue weighted by Gasteiger charge is -2.42. The van der Waals surface area contributed by atoms with Gasteiger partial charge < -0.3 is 4.74 Å². The SMILES string of the molecule is CC(C)C1=[N+](C(C)C)[C@@]2(C)c3ccccc3C(C)(C)C[C@H]2O1. The monoisotopic (exact) mass is 300 g/mol. The molecule has 1 aromatic rings. The van der Waals surface area contributed by atoms with E-state index in [1.54, 1.807) is 0 Å². The standard InChI is InChI=1S/C20H30NO/c1-13(2)18-21(14(3)4)20(7)16-11-9-8-10-15(16)19(5,6)12-17(20)22-18/h8-11,13-14,17H,12H2,1-7H3/q+1/t17-,20+/m1/s1. The van der Waals surface area contributed by atoms with Gasteiger partial charge in [0.15, 0.2) is 12.1 Å². The molecule has 1 heterocycles. The van der Waals surface area contributed by atoms with Gasteiger partial charge >= 0.3 is 5.90 Å². The third-order valence-electron chi connectivity index (χ3n) is 5.54. The Labute approximate surface area is 135 Å². The lowest BCUT2D eigenvalue weighted by Crippen LogP contribution is -2.52. The quantitative estimate of drug-likeness (QED) is 0.735. The fourth-order valence-electron chi connectivity index (χ4n) is 4.54. The Hall–Kier alpha value is -1.31. The number of hydrogen-bond donors (Lipinski definition) is 0. The Bertz CT molecular complexity index is 626. The fourth-order valence-corrected chi connectivity index (χ4v) is 4.54. The van der Waals surface area contributed by atoms with Gasteiger partial charge in [0.2, 0.25) is 5.54 Å². The predicted molar refractivity (Wildman–Crippen MR) is 91.6 cm³/mol. The maximum atomic E-state index is 6.54. The van der Waals surface area contributed by atoms with Gasteiger partial charge in [0.05, 0.1) is 5.92 Å². The van der Waals surface area contributed by atoms with Crippen LogP contribution in [0.15, 0.2) is 24.3 Å². The average Bonchev–Trinajstić information content (AvgIpc) is 2.73. The molecule has 0 amide bonds. The molecule has 0 saturated carbocycles. The molecular weight excluding hydrogens is 270 g/mol. The van der Waals surface area contributed by atoms with E-state index in [4.69, 9.17) is 4.74 Å². The summed E-state index contributed by atoms with van der Waals surface area (Å²) in [5, 5.41) is 0. The lowest BCUT2D eigenvalue weighted by molar-refractivity contribution is -0.637. The van der Waals surface area contributed by atoms with Crippen LogP contribution in [0.2, 0.25) is 0 Å². The average molecular weight is 300 g/mol. The maximum absolute atomic E-state index is 6.54. The topological polar surface area (TPSA) is 12.2 Å². The van der Waals surface area contributed by atoms with Crippen molar-refractivity contribution < 1.29 is 9.31 Å². The lowest BCUT2D eigenvalue weighted by atomic mass is 9.64. The summed E-state index contributed by atoms with van der Waals surface area (Å²) in [7, 11) is 0. The molecule has 120 valence electrons. The van der Waals surface area contributed by atoms with Gasteiger partial charge in [0.25, 0.3) is 0 Å². The van der Waals surface area contributed by atoms with Gasteiger partial charge in [0.1, 0.15) is 0 Å². The number of ether oxygens (including phenoxy) is 1. The van der Waals surface area contributed by atoms with Crippen LogP contribution >= 0.6 is 0 Å². The van der Waals surface area contributed by atoms with Crippen LogP contribution in [0.3, 0.4) is 0 Å². The molecule has 2 aliphatic rings. The molecule has 0 saturated heterocycles. The Balaban J connectivity index is 2.27. The Morgan fingerprint density at radius 2 is 1.64 bits per heavy atom. The van der Waals surface area contributed by atoms with Crippen LogP contribution in [-0.2, 0) is 15.7 Å². The normalized spacial score (nSPS) is 29.6. The zero-order valence-electron chi connectivity index (χ0n) is 15.1. The molecule has 0 fully saturated rings. The highest BCUT2D eigenvalue weighted by atomic mass is 16.5. The van der Waals surface area contributed by atoms with Crippen molar-refractivity contribution >= 4 is 5.90 Å². The van der Waals surface area contributed by atoms with E-state index in [2.05, 4.69) is 77.3 Å². The minimum atomic E-state index is -0.0557. The molecule has 22 heavy (non-hydrogen) atoms. The predicted octanol–water partition coefficient (Wildman–Crippen LogP) is 4.46. The third kappa shape index (κ3) is 1.96. The van der Waals surface area contributed by atoms with Crippen molar-refractivity contribution in [2.24, 2.45) is 5.92 Å². The number of nitrogens with zero attached hydrogens (tertiary/aromatic N) is 1. The summed E-state index contributed by atoms with van der Waals surface area (Å²) >= 11 is 0. The first-order valence-corrected chi connectivity index (χ1v) is 8.62. The molecule has 0 radical (unpaired) electrons. The van der Waals surface area contributed by atoms with Gasteiger partial charge in [-0.15, -0.1) is 0 Å². The van der Waals surface area contributed by atoms with Gasteiger partial charge in [0, 0.05) is 18.9 Å². The van der Waals surface area contributed by atoms with E-state index in [1.165, 1.54) is 11.1 Å². The molecular formula is C20H30NO+. The molecule has 0 bridgehead atoms. The molecule has 1 aliphatic heterocycles. The van der Waals surface area contributed by atoms with Crippen LogP contribution in [0.25, 0.3) is 0 Å². The second kappa shape index (κ2) is 4.84. The zero-order chi connectivity index (χ0) is 16.3. The zero-order valence-corrected chi connectivity index (χ0v) is 15.1. The van der Waals surface area contributed by atoms with E-state index < -0.39 is 0 Å². The van der Waals surface area contributed by atoms with E-state index in [0.717, 1.165) is 12.3 Å². The van der Waals surface area contributed by atoms with Crippen LogP contribution in [0.5, 0.6) is 0 Å². The summed E-state index contributed by atoms with van der Waals surface area (Å²) in [6.45, 7) is 16.1. The molecule has 2 nitrogen and oxygen atoms in total. The van der Waals surface area contributed by atoms with Crippen molar-refractivity contribution in [1.82, 2.24) is 0 Å². The van der Waals surface area contributed by atoms with Gasteiger partial charge in [-0.3, -0.25) is 0 Å². The van der Waals surface area contributed by atoms with Crippen LogP contribution in [0, 0.1) is 5.92 Å². The molecule has 0 aromatic heterocycles. The highest BCUT2D eigenvalue weighted by Crippen LogP contribution is 2.50. The summed E-state index contributed by atoms with van der Waals surface area (Å²) in [5.41, 5.74) is 3.03. The van der Waals surface area contributed by atoms with Crippen LogP contribution in [0.1, 0.15) is 66.0 Å². The van der Waals surface area contributed by atoms with Gasteiger partial charge in [-0.05, 0) is 38.7 Å². The molecule has 3 rings (SSSR count). The van der Waals surface area contributed by atoms with Crippen molar-refractivity contribution in [3.8, 4) is 0 Å². The van der Waals surface area contributed by atoms with Crippen molar-refractivity contribution in [3.63, 3.8) is 0 Å². The Morgan fingerprint density at radius 1 is 1.05 bits per heavy atom. The molecule has 0 spiro atoms. The molecule has 1 aromatic carbocycles. The molecule has 1 aliphatic carbocycles. The third-order valence-corrected chi connectivity index (χ3v) is 5.54. The molecule has 2 heteroatoms. The summed E-state index contributed by atoms with van der Waals surface area (Å²) in [5.74, 6) is 1.58. The molecule has 0 unspecified atom stereocenters. The first-order chi connectivity index (χ1) is 10.2. The fraction of sp³-hybridized carbons (Fsp3) is 0.650. The smallest absolute Gasteiger partial charge is 0.340 e. The van der Waals surface area contributed by atoms with Crippen LogP contribution in [0.4, 0.5) is 0 Å². The first kappa shape index (κ1) is 15.6. The van der Waals surface area contributed by atoms with E-state index >= 15 is 0 Å². The summed E-state index contributed by atoms with van der Waals surface area (Å²) in [6, 6.07) is 9.40. The van der Waals surface area contributed by atoms with Crippen molar-refractivity contribution in [2.45, 2.75) is 78.0 Å². The highest BCUT2D eigenvalue weighted by molar-refractivity contribution is 5.75. The summed E-state index contributed by atoms with van der Waals surface area (Å²) in [6.07, 6.45) is 1.30. The number of benzene rings is 1. The van der Waals surface area contributed by atoms with Gasteiger partial charge in [-0.25, -0.2) is 0 Å². The summed E-state index contributed by atoms with van der Waals surface area (Å²) < 4.78 is 9.08. The molecule has 0 N–H and O–H groups in total. The summed E-state index contributed by atoms with van der Waals surface area (Å²) in [4.78, 5) is 0. The number of fused-ring (bicyclic) bond motifs is 3. The second-order valence-corrected chi connectivity index (χ2v) is 8.34. The van der Waals surface area contributed by atoms with Crippen molar-refractivity contribution in [1.29, 1.82) is 0 Å². The number of hydrogen-bond acceptors (Lipinski definition) is 1. The number of rotatable bonds is 2. The first-order valence-electron chi connectivity index (χ1n) is 8.62. The van der Waals surface area contributed by atoms with E-state index in [9.17, 15) is 0 Å². The van der Waals surface area contributed by atoms with Crippen LogP contribution in [-0.4, -0.2) is 22.6 Å².